The highest BCUT2D eigenvalue weighted by Gasteiger charge is 2.32. The van der Waals surface area contributed by atoms with Crippen molar-refractivity contribution in [3.63, 3.8) is 0 Å². The van der Waals surface area contributed by atoms with Crippen LogP contribution in [0.1, 0.15) is 31.4 Å². The van der Waals surface area contributed by atoms with Crippen molar-refractivity contribution < 1.29 is 9.90 Å². The monoisotopic (exact) mass is 444 g/mol. The summed E-state index contributed by atoms with van der Waals surface area (Å²) >= 11 is 5.48. The number of allylic oxidation sites excluding steroid dienone is 1. The number of aryl methyl sites for hydroxylation is 2. The molecule has 140 valence electrons. The van der Waals surface area contributed by atoms with Crippen LogP contribution in [0.25, 0.3) is 22.2 Å². The van der Waals surface area contributed by atoms with Crippen LogP contribution in [0.15, 0.2) is 51.3 Å². The third-order valence-electron chi connectivity index (χ3n) is 5.18. The summed E-state index contributed by atoms with van der Waals surface area (Å²) in [5, 5.41) is 12.6. The first-order valence-corrected chi connectivity index (χ1v) is 10.7. The molecule has 1 atom stereocenters. The summed E-state index contributed by atoms with van der Waals surface area (Å²) in [5.74, 6) is -0.669. The van der Waals surface area contributed by atoms with Crippen molar-refractivity contribution >= 4 is 44.6 Å². The molecular formula is C21H21BrN2O2S. The Bertz CT molecular complexity index is 1060. The smallest absolute Gasteiger partial charge is 0.304 e. The normalized spacial score (nSPS) is 16.5. The molecule has 6 heteroatoms. The number of aromatic nitrogens is 2. The van der Waals surface area contributed by atoms with Crippen molar-refractivity contribution in [2.45, 2.75) is 37.1 Å². The minimum atomic E-state index is -0.732. The van der Waals surface area contributed by atoms with Crippen molar-refractivity contribution in [1.82, 2.24) is 9.13 Å². The largest absolute Gasteiger partial charge is 0.481 e. The molecule has 1 N–H and O–H groups in total. The second-order valence-electron chi connectivity index (χ2n) is 6.89. The summed E-state index contributed by atoms with van der Waals surface area (Å²) in [4.78, 5) is 12.6. The van der Waals surface area contributed by atoms with Gasteiger partial charge in [-0.1, -0.05) is 33.8 Å². The fourth-order valence-electron chi connectivity index (χ4n) is 4.05. The molecule has 1 aliphatic heterocycles. The Hall–Kier alpha value is -1.92. The Labute approximate surface area is 171 Å². The van der Waals surface area contributed by atoms with Crippen LogP contribution in [0, 0.1) is 0 Å². The number of carboxylic acids is 1. The molecule has 3 aromatic rings. The van der Waals surface area contributed by atoms with E-state index in [2.05, 4.69) is 48.7 Å². The van der Waals surface area contributed by atoms with Gasteiger partial charge in [0.1, 0.15) is 0 Å². The average molecular weight is 445 g/mol. The van der Waals surface area contributed by atoms with Crippen LogP contribution < -0.4 is 0 Å². The molecule has 4 rings (SSSR count). The highest BCUT2D eigenvalue weighted by molar-refractivity contribution is 9.10. The Kier molecular flexibility index (Phi) is 4.95. The number of carboxylic acid groups (broad SMARTS) is 1. The van der Waals surface area contributed by atoms with Crippen LogP contribution in [-0.2, 0) is 18.4 Å². The summed E-state index contributed by atoms with van der Waals surface area (Å²) in [6.45, 7) is 2.87. The summed E-state index contributed by atoms with van der Waals surface area (Å²) in [7, 11) is 2.05. The van der Waals surface area contributed by atoms with Crippen molar-refractivity contribution in [1.29, 1.82) is 0 Å². The third kappa shape index (κ3) is 3.15. The fraction of sp³-hybridized carbons (Fsp3) is 0.286. The van der Waals surface area contributed by atoms with Gasteiger partial charge in [0, 0.05) is 57.4 Å². The molecule has 0 fully saturated rings. The second kappa shape index (κ2) is 7.24. The number of fused-ring (bicyclic) bond motifs is 3. The Balaban J connectivity index is 1.96. The zero-order valence-electron chi connectivity index (χ0n) is 15.3. The SMILES string of the molecule is C/C=C/Sc1c2n(c3cc(-c4cccn4C)cc(Br)c13)CCC2CC(=O)O. The molecule has 0 spiro atoms. The van der Waals surface area contributed by atoms with Crippen molar-refractivity contribution in [2.75, 3.05) is 0 Å². The lowest BCUT2D eigenvalue weighted by molar-refractivity contribution is -0.137. The van der Waals surface area contributed by atoms with Gasteiger partial charge in [-0.15, -0.1) is 0 Å². The van der Waals surface area contributed by atoms with Crippen LogP contribution in [0.5, 0.6) is 0 Å². The van der Waals surface area contributed by atoms with Crippen molar-refractivity contribution in [3.05, 3.63) is 52.1 Å². The van der Waals surface area contributed by atoms with E-state index < -0.39 is 5.97 Å². The molecule has 0 saturated heterocycles. The number of benzene rings is 1. The van der Waals surface area contributed by atoms with Crippen LogP contribution in [0.2, 0.25) is 0 Å². The number of thioether (sulfide) groups is 1. The van der Waals surface area contributed by atoms with Gasteiger partial charge in [-0.3, -0.25) is 4.79 Å². The van der Waals surface area contributed by atoms with Crippen LogP contribution in [0.3, 0.4) is 0 Å². The molecule has 0 aliphatic carbocycles. The summed E-state index contributed by atoms with van der Waals surface area (Å²) in [6, 6.07) is 8.57. The van der Waals surface area contributed by atoms with Crippen LogP contribution in [-0.4, -0.2) is 20.2 Å². The number of hydrogen-bond donors (Lipinski definition) is 1. The number of hydrogen-bond acceptors (Lipinski definition) is 2. The van der Waals surface area contributed by atoms with E-state index >= 15 is 0 Å². The van der Waals surface area contributed by atoms with E-state index in [0.717, 1.165) is 28.7 Å². The van der Waals surface area contributed by atoms with Crippen LogP contribution in [0.4, 0.5) is 0 Å². The zero-order chi connectivity index (χ0) is 19.1. The van der Waals surface area contributed by atoms with Crippen LogP contribution >= 0.6 is 27.7 Å². The van der Waals surface area contributed by atoms with E-state index in [1.807, 2.05) is 32.3 Å². The minimum absolute atomic E-state index is 0.0630. The summed E-state index contributed by atoms with van der Waals surface area (Å²) in [5.41, 5.74) is 4.66. The van der Waals surface area contributed by atoms with Gasteiger partial charge in [0.15, 0.2) is 0 Å². The molecule has 1 aliphatic rings. The summed E-state index contributed by atoms with van der Waals surface area (Å²) in [6.07, 6.45) is 5.13. The van der Waals surface area contributed by atoms with Gasteiger partial charge >= 0.3 is 5.97 Å². The molecule has 0 amide bonds. The molecule has 27 heavy (non-hydrogen) atoms. The lowest BCUT2D eigenvalue weighted by atomic mass is 10.00. The molecular weight excluding hydrogens is 424 g/mol. The van der Waals surface area contributed by atoms with Gasteiger partial charge in [-0.2, -0.15) is 0 Å². The molecule has 4 nitrogen and oxygen atoms in total. The molecule has 0 radical (unpaired) electrons. The standard InChI is InChI=1S/C21H21BrN2O2S/c1-3-9-27-21-19-15(22)10-14(16-5-4-7-23(16)2)11-17(19)24-8-6-13(20(21)24)12-18(25)26/h3-5,7,9-11,13H,6,8,12H2,1-2H3,(H,25,26)/b9-3+. The Morgan fingerprint density at radius 2 is 2.26 bits per heavy atom. The number of rotatable bonds is 5. The minimum Gasteiger partial charge on any atom is -0.481 e. The van der Waals surface area contributed by atoms with E-state index in [-0.39, 0.29) is 12.3 Å². The molecule has 1 unspecified atom stereocenters. The maximum atomic E-state index is 11.4. The third-order valence-corrected chi connectivity index (χ3v) is 6.86. The highest BCUT2D eigenvalue weighted by atomic mass is 79.9. The molecule has 2 aromatic heterocycles. The molecule has 1 aromatic carbocycles. The van der Waals surface area contributed by atoms with Gasteiger partial charge in [0.2, 0.25) is 0 Å². The lowest BCUT2D eigenvalue weighted by Crippen LogP contribution is -2.03. The quantitative estimate of drug-likeness (QED) is 0.491. The van der Waals surface area contributed by atoms with Gasteiger partial charge in [-0.05, 0) is 43.0 Å². The molecule has 3 heterocycles. The van der Waals surface area contributed by atoms with E-state index in [1.165, 1.54) is 21.5 Å². The van der Waals surface area contributed by atoms with Gasteiger partial charge in [0.25, 0.3) is 0 Å². The van der Waals surface area contributed by atoms with E-state index in [4.69, 9.17) is 0 Å². The topological polar surface area (TPSA) is 47.2 Å². The van der Waals surface area contributed by atoms with Gasteiger partial charge in [0.05, 0.1) is 11.9 Å². The average Bonchev–Trinajstić information content (AvgIpc) is 3.29. The number of carbonyl (C=O) groups is 1. The first-order valence-electron chi connectivity index (χ1n) is 8.98. The predicted octanol–water partition coefficient (Wildman–Crippen LogP) is 6.00. The summed E-state index contributed by atoms with van der Waals surface area (Å²) < 4.78 is 5.50. The van der Waals surface area contributed by atoms with E-state index in [0.29, 0.717) is 0 Å². The van der Waals surface area contributed by atoms with Crippen molar-refractivity contribution in [2.24, 2.45) is 7.05 Å². The number of nitrogens with zero attached hydrogens (tertiary/aromatic N) is 2. The lowest BCUT2D eigenvalue weighted by Gasteiger charge is -2.09. The van der Waals surface area contributed by atoms with Gasteiger partial charge in [-0.25, -0.2) is 0 Å². The van der Waals surface area contributed by atoms with E-state index in [9.17, 15) is 9.90 Å². The maximum Gasteiger partial charge on any atom is 0.304 e. The Morgan fingerprint density at radius 1 is 1.44 bits per heavy atom. The zero-order valence-corrected chi connectivity index (χ0v) is 17.7. The first kappa shape index (κ1) is 18.4. The fourth-order valence-corrected chi connectivity index (χ4v) is 5.83. The molecule has 0 bridgehead atoms. The first-order chi connectivity index (χ1) is 13.0. The predicted molar refractivity (Wildman–Crippen MR) is 114 cm³/mol. The number of halogens is 1. The Morgan fingerprint density at radius 3 is 2.93 bits per heavy atom. The van der Waals surface area contributed by atoms with Crippen molar-refractivity contribution in [3.8, 4) is 11.3 Å². The number of aliphatic carboxylic acids is 1. The maximum absolute atomic E-state index is 11.4. The second-order valence-corrected chi connectivity index (χ2v) is 8.66. The highest BCUT2D eigenvalue weighted by Crippen LogP contribution is 2.48. The van der Waals surface area contributed by atoms with E-state index in [1.54, 1.807) is 11.8 Å². The molecule has 0 saturated carbocycles. The van der Waals surface area contributed by atoms with Gasteiger partial charge < -0.3 is 14.2 Å².